The molecule has 1 unspecified atom stereocenters. The summed E-state index contributed by atoms with van der Waals surface area (Å²) < 4.78 is 24.9. The number of benzene rings is 1. The van der Waals surface area contributed by atoms with Crippen molar-refractivity contribution in [1.29, 1.82) is 5.26 Å². The third kappa shape index (κ3) is 3.84. The average Bonchev–Trinajstić information content (AvgIpc) is 2.40. The van der Waals surface area contributed by atoms with E-state index in [1.54, 1.807) is 6.07 Å². The van der Waals surface area contributed by atoms with Crippen LogP contribution in [0.5, 0.6) is 5.75 Å². The first-order valence-corrected chi connectivity index (χ1v) is 7.20. The zero-order chi connectivity index (χ0) is 16.2. The van der Waals surface area contributed by atoms with Crippen LogP contribution >= 0.6 is 0 Å². The van der Waals surface area contributed by atoms with E-state index < -0.39 is 21.8 Å². The number of Topliss-reactive ketones (excluding diaryl/α,β-unsaturated/α-hetero) is 1. The van der Waals surface area contributed by atoms with Gasteiger partial charge in [0.2, 0.25) is 16.1 Å². The van der Waals surface area contributed by atoms with Gasteiger partial charge >= 0.3 is 0 Å². The molecular weight excluding hydrogens is 296 g/mol. The number of nitrogens with zero attached hydrogens (tertiary/aromatic N) is 4. The van der Waals surface area contributed by atoms with Crippen LogP contribution in [0.4, 0.5) is 5.69 Å². The fourth-order valence-electron chi connectivity index (χ4n) is 1.27. The largest absolute Gasteiger partial charge is 0.506 e. The fourth-order valence-corrected chi connectivity index (χ4v) is 2.19. The number of rotatable bonds is 5. The lowest BCUT2D eigenvalue weighted by Crippen LogP contribution is -2.22. The molecule has 21 heavy (non-hydrogen) atoms. The molecule has 1 atom stereocenters. The Morgan fingerprint density at radius 2 is 2.05 bits per heavy atom. The van der Waals surface area contributed by atoms with E-state index in [9.17, 15) is 18.3 Å². The number of phenolic OH excluding ortho intramolecular Hbond substituents is 1. The van der Waals surface area contributed by atoms with Crippen LogP contribution in [-0.2, 0) is 14.8 Å². The van der Waals surface area contributed by atoms with Crippen molar-refractivity contribution in [3.05, 3.63) is 18.2 Å². The number of nitriles is 1. The zero-order valence-corrected chi connectivity index (χ0v) is 12.5. The summed E-state index contributed by atoms with van der Waals surface area (Å²) in [5.41, 5.74) is -0.139. The van der Waals surface area contributed by atoms with E-state index in [1.807, 2.05) is 0 Å². The minimum absolute atomic E-state index is 0.0874. The number of hydrogen-bond donors (Lipinski definition) is 1. The van der Waals surface area contributed by atoms with Crippen LogP contribution < -0.4 is 0 Å². The number of ketones is 1. The van der Waals surface area contributed by atoms with Crippen LogP contribution in [0.2, 0.25) is 0 Å². The Balaban J connectivity index is 3.25. The maximum Gasteiger partial charge on any atom is 0.242 e. The van der Waals surface area contributed by atoms with Gasteiger partial charge < -0.3 is 5.11 Å². The van der Waals surface area contributed by atoms with Crippen molar-refractivity contribution >= 4 is 21.5 Å². The van der Waals surface area contributed by atoms with Crippen molar-refractivity contribution in [2.45, 2.75) is 17.9 Å². The van der Waals surface area contributed by atoms with E-state index in [0.29, 0.717) is 0 Å². The highest BCUT2D eigenvalue weighted by molar-refractivity contribution is 7.89. The number of hydrogen-bond acceptors (Lipinski definition) is 7. The molecule has 1 N–H and O–H groups in total. The van der Waals surface area contributed by atoms with Gasteiger partial charge in [-0.15, -0.1) is 0 Å². The molecule has 0 saturated heterocycles. The third-order valence-corrected chi connectivity index (χ3v) is 4.32. The maximum atomic E-state index is 12.0. The molecule has 8 nitrogen and oxygen atoms in total. The Kier molecular flexibility index (Phi) is 5.12. The van der Waals surface area contributed by atoms with Crippen LogP contribution in [0.15, 0.2) is 33.3 Å². The molecule has 1 aromatic carbocycles. The van der Waals surface area contributed by atoms with Gasteiger partial charge in [-0.1, -0.05) is 0 Å². The van der Waals surface area contributed by atoms with Gasteiger partial charge in [0.25, 0.3) is 0 Å². The van der Waals surface area contributed by atoms with Crippen molar-refractivity contribution < 1.29 is 18.3 Å². The lowest BCUT2D eigenvalue weighted by Gasteiger charge is -2.11. The van der Waals surface area contributed by atoms with E-state index in [4.69, 9.17) is 5.26 Å². The minimum Gasteiger partial charge on any atom is -0.506 e. The third-order valence-electron chi connectivity index (χ3n) is 2.51. The van der Waals surface area contributed by atoms with Crippen molar-refractivity contribution in [3.8, 4) is 11.8 Å². The monoisotopic (exact) mass is 310 g/mol. The van der Waals surface area contributed by atoms with Crippen LogP contribution in [-0.4, -0.2) is 43.7 Å². The Bertz CT molecular complexity index is 719. The maximum absolute atomic E-state index is 12.0. The molecule has 0 spiro atoms. The molecule has 0 heterocycles. The normalized spacial score (nSPS) is 13.3. The van der Waals surface area contributed by atoms with E-state index in [1.165, 1.54) is 27.1 Å². The summed E-state index contributed by atoms with van der Waals surface area (Å²) in [6.07, 6.45) is 0. The first kappa shape index (κ1) is 16.7. The van der Waals surface area contributed by atoms with Crippen molar-refractivity contribution in [2.24, 2.45) is 10.2 Å². The predicted octanol–water partition coefficient (Wildman–Crippen LogP) is 1.21. The van der Waals surface area contributed by atoms with E-state index in [-0.39, 0.29) is 16.3 Å². The molecule has 0 aromatic heterocycles. The number of phenols is 1. The van der Waals surface area contributed by atoms with Crippen LogP contribution in [0.3, 0.4) is 0 Å². The number of carbonyl (C=O) groups is 1. The molecule has 0 aliphatic heterocycles. The first-order chi connectivity index (χ1) is 9.70. The predicted molar refractivity (Wildman–Crippen MR) is 73.6 cm³/mol. The lowest BCUT2D eigenvalue weighted by atomic mass is 10.2. The molecule has 9 heteroatoms. The quantitative estimate of drug-likeness (QED) is 0.819. The summed E-state index contributed by atoms with van der Waals surface area (Å²) in [5.74, 6) is -0.811. The summed E-state index contributed by atoms with van der Waals surface area (Å²) in [7, 11) is -0.956. The van der Waals surface area contributed by atoms with Crippen LogP contribution in [0.1, 0.15) is 6.92 Å². The van der Waals surface area contributed by atoms with Crippen molar-refractivity contribution in [1.82, 2.24) is 4.31 Å². The first-order valence-electron chi connectivity index (χ1n) is 5.76. The van der Waals surface area contributed by atoms with Gasteiger partial charge in [0, 0.05) is 14.1 Å². The smallest absolute Gasteiger partial charge is 0.242 e. The van der Waals surface area contributed by atoms with Crippen molar-refractivity contribution in [2.75, 3.05) is 14.1 Å². The summed E-state index contributed by atoms with van der Waals surface area (Å²) in [4.78, 5) is 11.0. The van der Waals surface area contributed by atoms with E-state index in [0.717, 1.165) is 16.4 Å². The molecular formula is C12H14N4O4S. The number of carbonyl (C=O) groups excluding carboxylic acids is 1. The summed E-state index contributed by atoms with van der Waals surface area (Å²) >= 11 is 0. The molecule has 1 aromatic rings. The molecule has 1 rings (SSSR count). The van der Waals surface area contributed by atoms with Gasteiger partial charge in [-0.3, -0.25) is 4.79 Å². The Morgan fingerprint density at radius 1 is 1.43 bits per heavy atom. The van der Waals surface area contributed by atoms with Crippen molar-refractivity contribution in [3.63, 3.8) is 0 Å². The lowest BCUT2D eigenvalue weighted by molar-refractivity contribution is -0.117. The highest BCUT2D eigenvalue weighted by Crippen LogP contribution is 2.30. The highest BCUT2D eigenvalue weighted by atomic mass is 32.2. The molecule has 0 fully saturated rings. The number of aromatic hydroxyl groups is 1. The molecule has 0 saturated carbocycles. The molecule has 0 radical (unpaired) electrons. The minimum atomic E-state index is -3.69. The second-order valence-electron chi connectivity index (χ2n) is 4.30. The topological polar surface area (TPSA) is 123 Å². The van der Waals surface area contributed by atoms with Crippen LogP contribution in [0.25, 0.3) is 0 Å². The Labute approximate surface area is 122 Å². The van der Waals surface area contributed by atoms with Gasteiger partial charge in [0.15, 0.2) is 5.78 Å². The van der Waals surface area contributed by atoms with Gasteiger partial charge in [-0.2, -0.15) is 15.5 Å². The Morgan fingerprint density at radius 3 is 2.52 bits per heavy atom. The summed E-state index contributed by atoms with van der Waals surface area (Å²) in [6.45, 7) is 1.18. The SMILES string of the molecule is CC(=O)C(C#N)N=Nc1cc(S(=O)(=O)N(C)C)ccc1O. The van der Waals surface area contributed by atoms with Gasteiger partial charge in [-0.25, -0.2) is 12.7 Å². The molecule has 0 aliphatic carbocycles. The van der Waals surface area contributed by atoms with E-state index in [2.05, 4.69) is 10.2 Å². The van der Waals surface area contributed by atoms with Gasteiger partial charge in [0.05, 0.1) is 11.0 Å². The van der Waals surface area contributed by atoms with Crippen LogP contribution in [0, 0.1) is 11.3 Å². The summed E-state index contributed by atoms with van der Waals surface area (Å²) in [6, 6.07) is 3.83. The molecule has 0 amide bonds. The van der Waals surface area contributed by atoms with E-state index >= 15 is 0 Å². The average molecular weight is 310 g/mol. The molecule has 0 bridgehead atoms. The zero-order valence-electron chi connectivity index (χ0n) is 11.7. The highest BCUT2D eigenvalue weighted by Gasteiger charge is 2.19. The Hall–Kier alpha value is -2.31. The second-order valence-corrected chi connectivity index (χ2v) is 6.45. The fraction of sp³-hybridized carbons (Fsp3) is 0.333. The molecule has 112 valence electrons. The number of sulfonamides is 1. The van der Waals surface area contributed by atoms with Gasteiger partial charge in [-0.05, 0) is 25.1 Å². The van der Waals surface area contributed by atoms with Gasteiger partial charge in [0.1, 0.15) is 11.4 Å². The number of azo groups is 1. The summed E-state index contributed by atoms with van der Waals surface area (Å²) in [5, 5.41) is 25.4. The second kappa shape index (κ2) is 6.43. The standard InChI is InChI=1S/C12H14N4O4S/c1-8(17)11(7-13)15-14-10-6-9(4-5-12(10)18)21(19,20)16(2)3/h4-6,11,18H,1-3H3. The molecule has 0 aliphatic rings.